The molecule has 0 aromatic carbocycles. The molecule has 0 aromatic heterocycles. The van der Waals surface area contributed by atoms with Gasteiger partial charge in [0.15, 0.2) is 0 Å². The van der Waals surface area contributed by atoms with Crippen LogP contribution in [0.25, 0.3) is 0 Å². The molecule has 0 unspecified atom stereocenters. The zero-order valence-electron chi connectivity index (χ0n) is 19.0. The zero-order valence-corrected chi connectivity index (χ0v) is 19.0. The van der Waals surface area contributed by atoms with Crippen LogP contribution in [0.15, 0.2) is 11.6 Å². The molecule has 4 aliphatic carbocycles. The molecule has 0 spiro atoms. The van der Waals surface area contributed by atoms with Crippen LogP contribution in [0.1, 0.15) is 71.6 Å². The zero-order chi connectivity index (χ0) is 22.9. The van der Waals surface area contributed by atoms with Crippen LogP contribution in [-0.2, 0) is 23.9 Å². The van der Waals surface area contributed by atoms with E-state index in [4.69, 9.17) is 9.47 Å². The van der Waals surface area contributed by atoms with Crippen molar-refractivity contribution in [2.45, 2.75) is 88.9 Å². The SMILES string of the molecule is CC(=O)O[C@H]1CC[C@]2(C=O)[C@@H]3CC[C@]4(C)[C@H](C5=CC(=O)OC5)CC[C@]4(O)[C@H]3CC[C@@]2(O)C1. The highest BCUT2D eigenvalue weighted by Crippen LogP contribution is 2.70. The van der Waals surface area contributed by atoms with Crippen molar-refractivity contribution in [3.05, 3.63) is 11.6 Å². The summed E-state index contributed by atoms with van der Waals surface area (Å²) in [4.78, 5) is 35.8. The Hall–Kier alpha value is -1.73. The summed E-state index contributed by atoms with van der Waals surface area (Å²) in [5.41, 5.74) is -2.50. The summed E-state index contributed by atoms with van der Waals surface area (Å²) in [6, 6.07) is 0. The molecule has 0 aromatic rings. The van der Waals surface area contributed by atoms with Crippen molar-refractivity contribution in [1.29, 1.82) is 0 Å². The number of aldehydes is 1. The second-order valence-electron chi connectivity index (χ2n) is 11.2. The summed E-state index contributed by atoms with van der Waals surface area (Å²) < 4.78 is 10.6. The third kappa shape index (κ3) is 2.76. The number of esters is 2. The molecule has 32 heavy (non-hydrogen) atoms. The van der Waals surface area contributed by atoms with Gasteiger partial charge < -0.3 is 24.5 Å². The van der Waals surface area contributed by atoms with Crippen LogP contribution in [-0.4, -0.2) is 52.4 Å². The molecule has 0 bridgehead atoms. The molecule has 4 saturated carbocycles. The molecule has 5 aliphatic rings. The Balaban J connectivity index is 1.46. The predicted molar refractivity (Wildman–Crippen MR) is 113 cm³/mol. The van der Waals surface area contributed by atoms with Gasteiger partial charge in [-0.1, -0.05) is 6.92 Å². The standard InChI is InChI=1S/C25H34O7/c1-15(27)32-17-3-8-23(14-26)19-4-7-22(2)18(16-11-21(28)31-13-16)6-10-25(22,30)20(19)5-9-24(23,29)12-17/h11,14,17-20,29-30H,3-10,12-13H2,1-2H3/t17-,18-,19+,20-,22+,23-,24+,25-/m0/s1. The van der Waals surface area contributed by atoms with Crippen molar-refractivity contribution < 1.29 is 34.1 Å². The van der Waals surface area contributed by atoms with Crippen molar-refractivity contribution in [3.8, 4) is 0 Å². The molecule has 8 atom stereocenters. The quantitative estimate of drug-likeness (QED) is 0.506. The highest BCUT2D eigenvalue weighted by atomic mass is 16.5. The van der Waals surface area contributed by atoms with Crippen LogP contribution in [0.3, 0.4) is 0 Å². The first-order valence-corrected chi connectivity index (χ1v) is 12.0. The maximum atomic E-state index is 12.7. The van der Waals surface area contributed by atoms with Crippen LogP contribution in [0.5, 0.6) is 0 Å². The largest absolute Gasteiger partial charge is 0.462 e. The summed E-state index contributed by atoms with van der Waals surface area (Å²) in [6.45, 7) is 3.81. The Morgan fingerprint density at radius 3 is 2.53 bits per heavy atom. The molecule has 2 N–H and O–H groups in total. The summed E-state index contributed by atoms with van der Waals surface area (Å²) in [7, 11) is 0. The summed E-state index contributed by atoms with van der Waals surface area (Å²) in [6.07, 6.45) is 7.44. The van der Waals surface area contributed by atoms with Crippen LogP contribution in [0, 0.1) is 28.6 Å². The highest BCUT2D eigenvalue weighted by Gasteiger charge is 2.71. The molecule has 176 valence electrons. The fourth-order valence-electron chi connectivity index (χ4n) is 8.65. The summed E-state index contributed by atoms with van der Waals surface area (Å²) >= 11 is 0. The van der Waals surface area contributed by atoms with E-state index in [9.17, 15) is 24.6 Å². The monoisotopic (exact) mass is 446 g/mol. The number of fused-ring (bicyclic) bond motifs is 5. The molecule has 7 heteroatoms. The van der Waals surface area contributed by atoms with Gasteiger partial charge >= 0.3 is 11.9 Å². The van der Waals surface area contributed by atoms with Gasteiger partial charge in [0.2, 0.25) is 0 Å². The minimum Gasteiger partial charge on any atom is -0.462 e. The van der Waals surface area contributed by atoms with Crippen molar-refractivity contribution in [2.24, 2.45) is 28.6 Å². The maximum absolute atomic E-state index is 12.7. The van der Waals surface area contributed by atoms with Crippen LogP contribution < -0.4 is 0 Å². The van der Waals surface area contributed by atoms with E-state index in [1.165, 1.54) is 6.92 Å². The number of cyclic esters (lactones) is 1. The van der Waals surface area contributed by atoms with Crippen molar-refractivity contribution in [1.82, 2.24) is 0 Å². The summed E-state index contributed by atoms with van der Waals surface area (Å²) in [5.74, 6) is -0.772. The van der Waals surface area contributed by atoms with Gasteiger partial charge in [0.25, 0.3) is 0 Å². The second-order valence-corrected chi connectivity index (χ2v) is 11.2. The summed E-state index contributed by atoms with van der Waals surface area (Å²) in [5, 5.41) is 23.9. The lowest BCUT2D eigenvalue weighted by atomic mass is 9.41. The molecular weight excluding hydrogens is 412 g/mol. The third-order valence-corrected chi connectivity index (χ3v) is 10.2. The third-order valence-electron chi connectivity index (χ3n) is 10.2. The predicted octanol–water partition coefficient (Wildman–Crippen LogP) is 2.47. The van der Waals surface area contributed by atoms with Crippen molar-refractivity contribution in [2.75, 3.05) is 6.61 Å². The van der Waals surface area contributed by atoms with E-state index in [2.05, 4.69) is 6.92 Å². The second kappa shape index (κ2) is 7.13. The number of ether oxygens (including phenoxy) is 2. The Bertz CT molecular complexity index is 882. The van der Waals surface area contributed by atoms with Gasteiger partial charge in [0, 0.05) is 24.8 Å². The molecule has 1 heterocycles. The molecular formula is C25H34O7. The van der Waals surface area contributed by atoms with Gasteiger partial charge in [-0.2, -0.15) is 0 Å². The van der Waals surface area contributed by atoms with Gasteiger partial charge in [-0.25, -0.2) is 4.79 Å². The minimum absolute atomic E-state index is 0.0828. The fraction of sp³-hybridized carbons (Fsp3) is 0.800. The number of carbonyl (C=O) groups is 3. The first kappa shape index (κ1) is 22.1. The lowest BCUT2D eigenvalue weighted by molar-refractivity contribution is -0.249. The van der Waals surface area contributed by atoms with Gasteiger partial charge in [-0.05, 0) is 74.7 Å². The van der Waals surface area contributed by atoms with Gasteiger partial charge in [-0.3, -0.25) is 4.79 Å². The minimum atomic E-state index is -1.22. The maximum Gasteiger partial charge on any atom is 0.331 e. The van der Waals surface area contributed by atoms with Gasteiger partial charge in [0.05, 0.1) is 16.6 Å². The molecule has 7 nitrogen and oxygen atoms in total. The highest BCUT2D eigenvalue weighted by molar-refractivity contribution is 5.85. The van der Waals surface area contributed by atoms with E-state index < -0.39 is 16.6 Å². The number of aliphatic hydroxyl groups is 2. The molecule has 0 radical (unpaired) electrons. The number of rotatable bonds is 3. The van der Waals surface area contributed by atoms with E-state index in [1.54, 1.807) is 6.08 Å². The average molecular weight is 447 g/mol. The Kier molecular flexibility index (Phi) is 4.92. The normalized spacial score (nSPS) is 49.9. The Morgan fingerprint density at radius 2 is 1.88 bits per heavy atom. The van der Waals surface area contributed by atoms with Crippen molar-refractivity contribution >= 4 is 18.2 Å². The van der Waals surface area contributed by atoms with E-state index >= 15 is 0 Å². The smallest absolute Gasteiger partial charge is 0.331 e. The first-order valence-electron chi connectivity index (χ1n) is 12.0. The van der Waals surface area contributed by atoms with E-state index in [1.807, 2.05) is 0 Å². The number of hydrogen-bond acceptors (Lipinski definition) is 7. The molecule has 5 rings (SSSR count). The van der Waals surface area contributed by atoms with Crippen molar-refractivity contribution in [3.63, 3.8) is 0 Å². The first-order chi connectivity index (χ1) is 15.1. The topological polar surface area (TPSA) is 110 Å². The van der Waals surface area contributed by atoms with Crippen LogP contribution in [0.2, 0.25) is 0 Å². The average Bonchev–Trinajstić information content (AvgIpc) is 3.27. The van der Waals surface area contributed by atoms with Crippen LogP contribution in [0.4, 0.5) is 0 Å². The Morgan fingerprint density at radius 1 is 1.12 bits per heavy atom. The van der Waals surface area contributed by atoms with E-state index in [0.29, 0.717) is 38.7 Å². The Labute approximate surface area is 188 Å². The lowest BCUT2D eigenvalue weighted by Gasteiger charge is -2.65. The van der Waals surface area contributed by atoms with Gasteiger partial charge in [-0.15, -0.1) is 0 Å². The van der Waals surface area contributed by atoms with E-state index in [-0.39, 0.29) is 47.6 Å². The molecule has 1 aliphatic heterocycles. The van der Waals surface area contributed by atoms with E-state index in [0.717, 1.165) is 31.1 Å². The van der Waals surface area contributed by atoms with Crippen LogP contribution >= 0.6 is 0 Å². The number of hydrogen-bond donors (Lipinski definition) is 2. The lowest BCUT2D eigenvalue weighted by Crippen LogP contribution is -2.69. The fourth-order valence-corrected chi connectivity index (χ4v) is 8.65. The molecule has 0 amide bonds. The molecule has 0 saturated heterocycles. The molecule has 4 fully saturated rings. The van der Waals surface area contributed by atoms with Gasteiger partial charge in [0.1, 0.15) is 19.0 Å². The number of carbonyl (C=O) groups excluding carboxylic acids is 3.